The largest absolute Gasteiger partial charge is 0.336 e. The number of carbonyl (C=O) groups is 1. The molecular formula is C21H20BrN3O3S. The molecule has 6 nitrogen and oxygen atoms in total. The van der Waals surface area contributed by atoms with Crippen molar-refractivity contribution < 1.29 is 13.2 Å². The van der Waals surface area contributed by atoms with Crippen LogP contribution in [0, 0.1) is 0 Å². The highest BCUT2D eigenvalue weighted by Crippen LogP contribution is 2.21. The predicted molar refractivity (Wildman–Crippen MR) is 115 cm³/mol. The van der Waals surface area contributed by atoms with Crippen LogP contribution in [0.1, 0.15) is 10.4 Å². The summed E-state index contributed by atoms with van der Waals surface area (Å²) in [4.78, 5) is 14.8. The molecule has 0 unspecified atom stereocenters. The Balaban J connectivity index is 1.41. The number of sulfonamides is 1. The lowest BCUT2D eigenvalue weighted by molar-refractivity contribution is 0.0698. The van der Waals surface area contributed by atoms with Crippen molar-refractivity contribution in [3.8, 4) is 5.69 Å². The number of rotatable bonds is 4. The van der Waals surface area contributed by atoms with Gasteiger partial charge >= 0.3 is 0 Å². The summed E-state index contributed by atoms with van der Waals surface area (Å²) in [6.07, 6.45) is 3.89. The second kappa shape index (κ2) is 8.14. The minimum absolute atomic E-state index is 0.0789. The molecule has 1 aliphatic rings. The minimum atomic E-state index is -3.55. The van der Waals surface area contributed by atoms with Gasteiger partial charge in [0.1, 0.15) is 0 Å². The molecule has 150 valence electrons. The summed E-state index contributed by atoms with van der Waals surface area (Å²) < 4.78 is 29.8. The summed E-state index contributed by atoms with van der Waals surface area (Å²) in [7, 11) is -3.55. The molecule has 0 saturated carbocycles. The van der Waals surface area contributed by atoms with Crippen molar-refractivity contribution in [2.75, 3.05) is 26.2 Å². The molecule has 0 radical (unpaired) electrons. The van der Waals surface area contributed by atoms with Gasteiger partial charge < -0.3 is 9.47 Å². The molecular weight excluding hydrogens is 454 g/mol. The Morgan fingerprint density at radius 1 is 0.828 bits per heavy atom. The summed E-state index contributed by atoms with van der Waals surface area (Å²) in [5.74, 6) is -0.0789. The van der Waals surface area contributed by atoms with Gasteiger partial charge in [-0.2, -0.15) is 4.31 Å². The normalized spacial score (nSPS) is 15.4. The number of benzene rings is 2. The third-order valence-electron chi connectivity index (χ3n) is 4.99. The SMILES string of the molecule is O=C(c1ccc(-n2cccc2)cc1)N1CCN(S(=O)(=O)c2ccc(Br)cc2)CC1. The van der Waals surface area contributed by atoms with Gasteiger partial charge in [-0.25, -0.2) is 8.42 Å². The van der Waals surface area contributed by atoms with Gasteiger partial charge in [-0.3, -0.25) is 4.79 Å². The van der Waals surface area contributed by atoms with Gasteiger partial charge in [-0.05, 0) is 60.7 Å². The molecule has 0 atom stereocenters. The van der Waals surface area contributed by atoms with Gasteiger partial charge in [0.25, 0.3) is 5.91 Å². The lowest BCUT2D eigenvalue weighted by atomic mass is 10.1. The molecule has 1 aromatic heterocycles. The Kier molecular flexibility index (Phi) is 5.58. The summed E-state index contributed by atoms with van der Waals surface area (Å²) in [5.41, 5.74) is 1.59. The molecule has 29 heavy (non-hydrogen) atoms. The van der Waals surface area contributed by atoms with E-state index < -0.39 is 10.0 Å². The number of carbonyl (C=O) groups excluding carboxylic acids is 1. The highest BCUT2D eigenvalue weighted by molar-refractivity contribution is 9.10. The highest BCUT2D eigenvalue weighted by Gasteiger charge is 2.30. The van der Waals surface area contributed by atoms with Crippen LogP contribution in [0.5, 0.6) is 0 Å². The van der Waals surface area contributed by atoms with E-state index >= 15 is 0 Å². The Morgan fingerprint density at radius 3 is 2.00 bits per heavy atom. The van der Waals surface area contributed by atoms with E-state index in [2.05, 4.69) is 15.9 Å². The van der Waals surface area contributed by atoms with Crippen LogP contribution in [0.25, 0.3) is 5.69 Å². The second-order valence-corrected chi connectivity index (χ2v) is 9.64. The molecule has 1 saturated heterocycles. The zero-order chi connectivity index (χ0) is 20.4. The van der Waals surface area contributed by atoms with Crippen LogP contribution in [0.3, 0.4) is 0 Å². The molecule has 3 aromatic rings. The van der Waals surface area contributed by atoms with E-state index in [9.17, 15) is 13.2 Å². The third-order valence-corrected chi connectivity index (χ3v) is 7.44. The molecule has 2 aromatic carbocycles. The van der Waals surface area contributed by atoms with Crippen molar-refractivity contribution >= 4 is 31.9 Å². The van der Waals surface area contributed by atoms with Gasteiger partial charge in [0.2, 0.25) is 10.0 Å². The number of amides is 1. The predicted octanol–water partition coefficient (Wildman–Crippen LogP) is 3.39. The van der Waals surface area contributed by atoms with Crippen molar-refractivity contribution in [1.82, 2.24) is 13.8 Å². The van der Waals surface area contributed by atoms with Crippen LogP contribution < -0.4 is 0 Å². The van der Waals surface area contributed by atoms with Crippen LogP contribution in [0.2, 0.25) is 0 Å². The van der Waals surface area contributed by atoms with Gasteiger partial charge in [0, 0.05) is 54.3 Å². The Morgan fingerprint density at radius 2 is 1.41 bits per heavy atom. The van der Waals surface area contributed by atoms with Crippen LogP contribution >= 0.6 is 15.9 Å². The van der Waals surface area contributed by atoms with E-state index in [1.165, 1.54) is 4.31 Å². The van der Waals surface area contributed by atoms with E-state index in [1.54, 1.807) is 29.2 Å². The average Bonchev–Trinajstić information content (AvgIpc) is 3.29. The van der Waals surface area contributed by atoms with Gasteiger partial charge in [0.05, 0.1) is 4.90 Å². The number of halogens is 1. The van der Waals surface area contributed by atoms with Crippen LogP contribution in [-0.4, -0.2) is 54.3 Å². The minimum Gasteiger partial charge on any atom is -0.336 e. The van der Waals surface area contributed by atoms with Crippen molar-refractivity contribution in [2.24, 2.45) is 0 Å². The first-order chi connectivity index (χ1) is 13.9. The van der Waals surface area contributed by atoms with Gasteiger partial charge in [-0.1, -0.05) is 15.9 Å². The highest BCUT2D eigenvalue weighted by atomic mass is 79.9. The molecule has 8 heteroatoms. The fourth-order valence-electron chi connectivity index (χ4n) is 3.35. The zero-order valence-electron chi connectivity index (χ0n) is 15.6. The van der Waals surface area contributed by atoms with Crippen LogP contribution in [-0.2, 0) is 10.0 Å². The lowest BCUT2D eigenvalue weighted by Gasteiger charge is -2.34. The maximum Gasteiger partial charge on any atom is 0.253 e. The first-order valence-electron chi connectivity index (χ1n) is 9.23. The molecule has 1 amide bonds. The van der Waals surface area contributed by atoms with Crippen molar-refractivity contribution in [3.63, 3.8) is 0 Å². The topological polar surface area (TPSA) is 62.6 Å². The van der Waals surface area contributed by atoms with E-state index in [4.69, 9.17) is 0 Å². The third kappa shape index (κ3) is 4.14. The van der Waals surface area contributed by atoms with E-state index in [-0.39, 0.29) is 23.9 Å². The molecule has 2 heterocycles. The fourth-order valence-corrected chi connectivity index (χ4v) is 5.04. The molecule has 0 bridgehead atoms. The smallest absolute Gasteiger partial charge is 0.253 e. The number of nitrogens with zero attached hydrogens (tertiary/aromatic N) is 3. The molecule has 4 rings (SSSR count). The Bertz CT molecular complexity index is 1090. The second-order valence-electron chi connectivity index (χ2n) is 6.79. The first-order valence-corrected chi connectivity index (χ1v) is 11.5. The fraction of sp³-hybridized carbons (Fsp3) is 0.190. The van der Waals surface area contributed by atoms with Gasteiger partial charge in [0.15, 0.2) is 0 Å². The average molecular weight is 474 g/mol. The number of aromatic nitrogens is 1. The van der Waals surface area contributed by atoms with E-state index in [0.29, 0.717) is 18.7 Å². The van der Waals surface area contributed by atoms with Crippen molar-refractivity contribution in [1.29, 1.82) is 0 Å². The van der Waals surface area contributed by atoms with Crippen LogP contribution in [0.4, 0.5) is 0 Å². The summed E-state index contributed by atoms with van der Waals surface area (Å²) in [6, 6.07) is 17.9. The number of piperazine rings is 1. The van der Waals surface area contributed by atoms with E-state index in [0.717, 1.165) is 10.2 Å². The number of hydrogen-bond acceptors (Lipinski definition) is 3. The molecule has 0 aliphatic carbocycles. The maximum absolute atomic E-state index is 12.8. The Labute approximate surface area is 178 Å². The van der Waals surface area contributed by atoms with Gasteiger partial charge in [-0.15, -0.1) is 0 Å². The summed E-state index contributed by atoms with van der Waals surface area (Å²) >= 11 is 3.32. The Hall–Kier alpha value is -2.42. The maximum atomic E-state index is 12.8. The molecule has 1 fully saturated rings. The molecule has 0 spiro atoms. The number of hydrogen-bond donors (Lipinski definition) is 0. The standard InChI is InChI=1S/C21H20BrN3O3S/c22-18-5-9-20(10-6-18)29(27,28)25-15-13-24(14-16-25)21(26)17-3-7-19(8-4-17)23-11-1-2-12-23/h1-12H,13-16H2. The summed E-state index contributed by atoms with van der Waals surface area (Å²) in [6.45, 7) is 1.30. The summed E-state index contributed by atoms with van der Waals surface area (Å²) in [5, 5.41) is 0. The first kappa shape index (κ1) is 19.9. The van der Waals surface area contributed by atoms with E-state index in [1.807, 2.05) is 53.4 Å². The molecule has 1 aliphatic heterocycles. The monoisotopic (exact) mass is 473 g/mol. The van der Waals surface area contributed by atoms with Crippen molar-refractivity contribution in [2.45, 2.75) is 4.90 Å². The quantitative estimate of drug-likeness (QED) is 0.583. The molecule has 0 N–H and O–H groups in total. The lowest BCUT2D eigenvalue weighted by Crippen LogP contribution is -2.50. The van der Waals surface area contributed by atoms with Crippen molar-refractivity contribution in [3.05, 3.63) is 83.1 Å². The van der Waals surface area contributed by atoms with Crippen LogP contribution in [0.15, 0.2) is 82.4 Å². The zero-order valence-corrected chi connectivity index (χ0v) is 18.0.